The first kappa shape index (κ1) is 18.1. The second-order valence-electron chi connectivity index (χ2n) is 5.53. The van der Waals surface area contributed by atoms with Gasteiger partial charge >= 0.3 is 6.18 Å². The molecule has 0 aliphatic carbocycles. The molecular weight excluding hydrogens is 367 g/mol. The highest BCUT2D eigenvalue weighted by molar-refractivity contribution is 7.10. The molecule has 10 heteroatoms. The minimum absolute atomic E-state index is 0.0233. The number of hydrogen-bond acceptors (Lipinski definition) is 5. The molecule has 3 rings (SSSR count). The van der Waals surface area contributed by atoms with Crippen LogP contribution in [0.3, 0.4) is 0 Å². The van der Waals surface area contributed by atoms with Gasteiger partial charge in [-0.3, -0.25) is 4.79 Å². The first-order valence-electron chi connectivity index (χ1n) is 7.61. The van der Waals surface area contributed by atoms with Crippen LogP contribution in [0, 0.1) is 0 Å². The van der Waals surface area contributed by atoms with Crippen molar-refractivity contribution < 1.29 is 18.0 Å². The van der Waals surface area contributed by atoms with Crippen LogP contribution in [0.1, 0.15) is 23.4 Å². The van der Waals surface area contributed by atoms with Gasteiger partial charge in [-0.05, 0) is 35.7 Å². The summed E-state index contributed by atoms with van der Waals surface area (Å²) in [7, 11) is 0. The molecule has 0 fully saturated rings. The highest BCUT2D eigenvalue weighted by atomic mass is 32.1. The number of carbonyl (C=O) groups is 1. The van der Waals surface area contributed by atoms with Gasteiger partial charge < -0.3 is 5.32 Å². The maximum Gasteiger partial charge on any atom is 0.416 e. The van der Waals surface area contributed by atoms with E-state index < -0.39 is 11.7 Å². The standard InChI is InChI=1S/C16H14F3N5OS/c1-10(13-6-3-7-26-13)20-14(25)9-24-22-15(21-23-24)11-4-2-5-12(8-11)16(17,18)19/h2-8,10H,9H2,1H3,(H,20,25)/t10-/m0/s1. The number of benzene rings is 1. The monoisotopic (exact) mass is 381 g/mol. The molecule has 0 spiro atoms. The highest BCUT2D eigenvalue weighted by Gasteiger charge is 2.30. The summed E-state index contributed by atoms with van der Waals surface area (Å²) in [4.78, 5) is 14.1. The molecule has 1 amide bonds. The number of hydrogen-bond donors (Lipinski definition) is 1. The molecule has 0 unspecified atom stereocenters. The summed E-state index contributed by atoms with van der Waals surface area (Å²) >= 11 is 1.53. The largest absolute Gasteiger partial charge is 0.416 e. The van der Waals surface area contributed by atoms with Crippen LogP contribution < -0.4 is 5.32 Å². The zero-order chi connectivity index (χ0) is 18.7. The van der Waals surface area contributed by atoms with E-state index in [9.17, 15) is 18.0 Å². The third kappa shape index (κ3) is 4.26. The van der Waals surface area contributed by atoms with E-state index in [1.165, 1.54) is 23.5 Å². The number of thiophene rings is 1. The fourth-order valence-corrected chi connectivity index (χ4v) is 3.02. The third-order valence-electron chi connectivity index (χ3n) is 3.53. The van der Waals surface area contributed by atoms with Crippen LogP contribution in [0.5, 0.6) is 0 Å². The molecule has 0 aliphatic rings. The summed E-state index contributed by atoms with van der Waals surface area (Å²) in [5.74, 6) is -0.297. The Morgan fingerprint density at radius 1 is 1.31 bits per heavy atom. The zero-order valence-corrected chi connectivity index (χ0v) is 14.4. The number of nitrogens with one attached hydrogen (secondary N) is 1. The Hall–Kier alpha value is -2.75. The lowest BCUT2D eigenvalue weighted by molar-refractivity contribution is -0.137. The molecule has 1 atom stereocenters. The molecule has 0 radical (unpaired) electrons. The number of nitrogens with zero attached hydrogens (tertiary/aromatic N) is 4. The molecular formula is C16H14F3N5OS. The van der Waals surface area contributed by atoms with Crippen molar-refractivity contribution in [3.63, 3.8) is 0 Å². The van der Waals surface area contributed by atoms with Crippen LogP contribution in [0.15, 0.2) is 41.8 Å². The van der Waals surface area contributed by atoms with Gasteiger partial charge in [-0.2, -0.15) is 18.0 Å². The van der Waals surface area contributed by atoms with Crippen molar-refractivity contribution in [2.75, 3.05) is 0 Å². The van der Waals surface area contributed by atoms with Crippen LogP contribution in [0.2, 0.25) is 0 Å². The number of aromatic nitrogens is 4. The van der Waals surface area contributed by atoms with E-state index >= 15 is 0 Å². The van der Waals surface area contributed by atoms with Crippen molar-refractivity contribution in [2.24, 2.45) is 0 Å². The maximum absolute atomic E-state index is 12.8. The van der Waals surface area contributed by atoms with E-state index in [2.05, 4.69) is 20.7 Å². The smallest absolute Gasteiger partial charge is 0.347 e. The van der Waals surface area contributed by atoms with Crippen molar-refractivity contribution >= 4 is 17.2 Å². The lowest BCUT2D eigenvalue weighted by atomic mass is 10.1. The van der Waals surface area contributed by atoms with Crippen LogP contribution in [0.4, 0.5) is 13.2 Å². The van der Waals surface area contributed by atoms with Gasteiger partial charge in [-0.25, -0.2) is 0 Å². The summed E-state index contributed by atoms with van der Waals surface area (Å²) in [6, 6.07) is 8.28. The normalized spacial score (nSPS) is 12.8. The second kappa shape index (κ2) is 7.24. The lowest BCUT2D eigenvalue weighted by Crippen LogP contribution is -2.30. The molecule has 1 aromatic carbocycles. The quantitative estimate of drug-likeness (QED) is 0.736. The van der Waals surface area contributed by atoms with Crippen LogP contribution in [0.25, 0.3) is 11.4 Å². The molecule has 136 valence electrons. The molecule has 26 heavy (non-hydrogen) atoms. The first-order chi connectivity index (χ1) is 12.3. The van der Waals surface area contributed by atoms with Gasteiger partial charge in [0.15, 0.2) is 0 Å². The van der Waals surface area contributed by atoms with Gasteiger partial charge in [0.2, 0.25) is 11.7 Å². The Bertz CT molecular complexity index is 891. The molecule has 0 saturated carbocycles. The van der Waals surface area contributed by atoms with Crippen LogP contribution in [-0.4, -0.2) is 26.1 Å². The van der Waals surface area contributed by atoms with E-state index in [4.69, 9.17) is 0 Å². The first-order valence-corrected chi connectivity index (χ1v) is 8.49. The molecule has 0 bridgehead atoms. The van der Waals surface area contributed by atoms with Crippen molar-refractivity contribution in [3.05, 3.63) is 52.2 Å². The van der Waals surface area contributed by atoms with Gasteiger partial charge in [0, 0.05) is 10.4 Å². The highest BCUT2D eigenvalue weighted by Crippen LogP contribution is 2.31. The topological polar surface area (TPSA) is 72.7 Å². The number of rotatable bonds is 5. The summed E-state index contributed by atoms with van der Waals surface area (Å²) in [5.41, 5.74) is -0.618. The Labute approximate surface area is 150 Å². The third-order valence-corrected chi connectivity index (χ3v) is 4.59. The minimum atomic E-state index is -4.45. The van der Waals surface area contributed by atoms with Crippen LogP contribution in [-0.2, 0) is 17.5 Å². The molecule has 0 saturated heterocycles. The number of alkyl halides is 3. The predicted octanol–water partition coefficient (Wildman–Crippen LogP) is 3.30. The average molecular weight is 381 g/mol. The summed E-state index contributed by atoms with van der Waals surface area (Å²) < 4.78 is 38.4. The Kier molecular flexibility index (Phi) is 5.03. The van der Waals surface area contributed by atoms with Crippen molar-refractivity contribution in [1.29, 1.82) is 0 Å². The van der Waals surface area contributed by atoms with Crippen molar-refractivity contribution in [2.45, 2.75) is 25.7 Å². The fraction of sp³-hybridized carbons (Fsp3) is 0.250. The number of halogens is 3. The average Bonchev–Trinajstić information content (AvgIpc) is 3.26. The molecule has 2 heterocycles. The molecule has 3 aromatic rings. The molecule has 2 aromatic heterocycles. The van der Waals surface area contributed by atoms with E-state index in [0.29, 0.717) is 0 Å². The Balaban J connectivity index is 1.67. The SMILES string of the molecule is C[C@H](NC(=O)Cn1nnc(-c2cccc(C(F)(F)F)c2)n1)c1cccs1. The van der Waals surface area contributed by atoms with E-state index in [-0.39, 0.29) is 29.9 Å². The Morgan fingerprint density at radius 2 is 2.12 bits per heavy atom. The maximum atomic E-state index is 12.8. The van der Waals surface area contributed by atoms with Gasteiger partial charge in [0.05, 0.1) is 11.6 Å². The van der Waals surface area contributed by atoms with Gasteiger partial charge in [-0.15, -0.1) is 21.5 Å². The molecule has 6 nitrogen and oxygen atoms in total. The number of amides is 1. The summed E-state index contributed by atoms with van der Waals surface area (Å²) in [5, 5.41) is 16.2. The molecule has 1 N–H and O–H groups in total. The zero-order valence-electron chi connectivity index (χ0n) is 13.6. The van der Waals surface area contributed by atoms with E-state index in [1.54, 1.807) is 0 Å². The molecule has 0 aliphatic heterocycles. The van der Waals surface area contributed by atoms with E-state index in [0.717, 1.165) is 21.8 Å². The van der Waals surface area contributed by atoms with Crippen molar-refractivity contribution in [3.8, 4) is 11.4 Å². The lowest BCUT2D eigenvalue weighted by Gasteiger charge is -2.11. The van der Waals surface area contributed by atoms with Crippen molar-refractivity contribution in [1.82, 2.24) is 25.5 Å². The Morgan fingerprint density at radius 3 is 2.81 bits per heavy atom. The van der Waals surface area contributed by atoms with Gasteiger partial charge in [-0.1, -0.05) is 18.2 Å². The summed E-state index contributed by atoms with van der Waals surface area (Å²) in [6.45, 7) is 1.67. The fourth-order valence-electron chi connectivity index (χ4n) is 2.28. The van der Waals surface area contributed by atoms with Gasteiger partial charge in [0.25, 0.3) is 0 Å². The summed E-state index contributed by atoms with van der Waals surface area (Å²) in [6.07, 6.45) is -4.45. The number of tetrazole rings is 1. The second-order valence-corrected chi connectivity index (χ2v) is 6.51. The predicted molar refractivity (Wildman–Crippen MR) is 89.1 cm³/mol. The van der Waals surface area contributed by atoms with Crippen LogP contribution >= 0.6 is 11.3 Å². The number of carbonyl (C=O) groups excluding carboxylic acids is 1. The minimum Gasteiger partial charge on any atom is -0.347 e. The van der Waals surface area contributed by atoms with Gasteiger partial charge in [0.1, 0.15) is 6.54 Å². The van der Waals surface area contributed by atoms with E-state index in [1.807, 2.05) is 24.4 Å².